The molecule has 4 nitrogen and oxygen atoms in total. The van der Waals surface area contributed by atoms with Gasteiger partial charge < -0.3 is 5.32 Å². The number of amides is 1. The minimum Gasteiger partial charge on any atom is -0.349 e. The van der Waals surface area contributed by atoms with Crippen LogP contribution >= 0.6 is 0 Å². The zero-order chi connectivity index (χ0) is 17.7. The summed E-state index contributed by atoms with van der Waals surface area (Å²) in [5, 5.41) is 2.25. The van der Waals surface area contributed by atoms with E-state index in [2.05, 4.69) is 5.32 Å². The highest BCUT2D eigenvalue weighted by Gasteiger charge is 2.35. The highest BCUT2D eigenvalue weighted by atomic mass is 32.2. The summed E-state index contributed by atoms with van der Waals surface area (Å²) in [6, 6.07) is 6.14. The van der Waals surface area contributed by atoms with Gasteiger partial charge in [0.1, 0.15) is 0 Å². The molecule has 1 atom stereocenters. The number of hydrogen-bond donors (Lipinski definition) is 1. The van der Waals surface area contributed by atoms with E-state index in [4.69, 9.17) is 0 Å². The Morgan fingerprint density at radius 2 is 1.83 bits per heavy atom. The Morgan fingerprint density at radius 3 is 2.30 bits per heavy atom. The van der Waals surface area contributed by atoms with E-state index < -0.39 is 33.5 Å². The lowest BCUT2D eigenvalue weighted by Gasteiger charge is -2.15. The van der Waals surface area contributed by atoms with Gasteiger partial charge >= 0.3 is 6.18 Å². The summed E-state index contributed by atoms with van der Waals surface area (Å²) in [6.45, 7) is 2.88. The van der Waals surface area contributed by atoms with Crippen molar-refractivity contribution in [3.05, 3.63) is 42.0 Å². The van der Waals surface area contributed by atoms with Gasteiger partial charge in [0, 0.05) is 17.9 Å². The van der Waals surface area contributed by atoms with Crippen LogP contribution in [0.1, 0.15) is 19.4 Å². The maximum Gasteiger partial charge on any atom is 0.417 e. The topological polar surface area (TPSA) is 63.2 Å². The summed E-state index contributed by atoms with van der Waals surface area (Å²) >= 11 is 0. The second-order valence-corrected chi connectivity index (χ2v) is 7.43. The molecule has 0 aromatic heterocycles. The standard InChI is InChI=1S/C15H18F3NO3S/c1-3-23(21,22)10-11(2)19-14(20)9-13(15(16,17)18)12-7-5-4-6-8-12/h4-9,11H,3,10H2,1-2H3,(H,19,20). The van der Waals surface area contributed by atoms with Gasteiger partial charge in [0.15, 0.2) is 9.84 Å². The van der Waals surface area contributed by atoms with E-state index in [0.717, 1.165) is 0 Å². The average Bonchev–Trinajstić information content (AvgIpc) is 2.43. The summed E-state index contributed by atoms with van der Waals surface area (Å²) in [5.41, 5.74) is -1.22. The van der Waals surface area contributed by atoms with Gasteiger partial charge in [-0.15, -0.1) is 0 Å². The summed E-state index contributed by atoms with van der Waals surface area (Å²) in [4.78, 5) is 11.8. The average molecular weight is 349 g/mol. The predicted octanol–water partition coefficient (Wildman–Crippen LogP) is 2.57. The quantitative estimate of drug-likeness (QED) is 0.803. The first-order valence-corrected chi connectivity index (χ1v) is 8.72. The van der Waals surface area contributed by atoms with E-state index in [-0.39, 0.29) is 17.1 Å². The Kier molecular flexibility index (Phi) is 6.37. The first-order chi connectivity index (χ1) is 10.5. The number of halogens is 3. The van der Waals surface area contributed by atoms with E-state index in [1.165, 1.54) is 38.1 Å². The smallest absolute Gasteiger partial charge is 0.349 e. The van der Waals surface area contributed by atoms with E-state index in [0.29, 0.717) is 6.08 Å². The van der Waals surface area contributed by atoms with Crippen LogP contribution in [-0.2, 0) is 14.6 Å². The number of carbonyl (C=O) groups excluding carboxylic acids is 1. The molecule has 0 bridgehead atoms. The van der Waals surface area contributed by atoms with Crippen molar-refractivity contribution >= 4 is 21.3 Å². The Morgan fingerprint density at radius 1 is 1.26 bits per heavy atom. The fourth-order valence-electron chi connectivity index (χ4n) is 1.90. The van der Waals surface area contributed by atoms with Gasteiger partial charge in [-0.1, -0.05) is 37.3 Å². The Hall–Kier alpha value is -1.83. The summed E-state index contributed by atoms with van der Waals surface area (Å²) in [7, 11) is -3.33. The normalized spacial score (nSPS) is 14.4. The van der Waals surface area contributed by atoms with Crippen LogP contribution in [-0.4, -0.2) is 38.0 Å². The van der Waals surface area contributed by atoms with Gasteiger partial charge in [0.25, 0.3) is 0 Å². The summed E-state index contributed by atoms with van der Waals surface area (Å²) < 4.78 is 62.2. The molecular weight excluding hydrogens is 331 g/mol. The van der Waals surface area contributed by atoms with E-state index in [9.17, 15) is 26.4 Å². The van der Waals surface area contributed by atoms with E-state index in [1.807, 2.05) is 0 Å². The van der Waals surface area contributed by atoms with Gasteiger partial charge in [0.2, 0.25) is 5.91 Å². The number of hydrogen-bond acceptors (Lipinski definition) is 3. The van der Waals surface area contributed by atoms with Crippen LogP contribution in [0.25, 0.3) is 5.57 Å². The first-order valence-electron chi connectivity index (χ1n) is 6.90. The van der Waals surface area contributed by atoms with Crippen molar-refractivity contribution < 1.29 is 26.4 Å². The van der Waals surface area contributed by atoms with Gasteiger partial charge in [-0.05, 0) is 12.5 Å². The molecule has 1 amide bonds. The van der Waals surface area contributed by atoms with Crippen molar-refractivity contribution in [3.8, 4) is 0 Å². The first kappa shape index (κ1) is 19.2. The van der Waals surface area contributed by atoms with Gasteiger partial charge in [0.05, 0.1) is 11.3 Å². The van der Waals surface area contributed by atoms with E-state index in [1.54, 1.807) is 6.07 Å². The van der Waals surface area contributed by atoms with Crippen LogP contribution in [0.3, 0.4) is 0 Å². The molecular formula is C15H18F3NO3S. The van der Waals surface area contributed by atoms with Gasteiger partial charge in [-0.25, -0.2) is 8.42 Å². The van der Waals surface area contributed by atoms with Crippen LogP contribution in [0.15, 0.2) is 36.4 Å². The van der Waals surface area contributed by atoms with Crippen molar-refractivity contribution in [2.24, 2.45) is 0 Å². The maximum atomic E-state index is 13.1. The predicted molar refractivity (Wildman–Crippen MR) is 82.4 cm³/mol. The molecule has 1 aromatic carbocycles. The maximum absolute atomic E-state index is 13.1. The molecule has 0 fully saturated rings. The van der Waals surface area contributed by atoms with Crippen molar-refractivity contribution in [3.63, 3.8) is 0 Å². The molecule has 1 rings (SSSR count). The third-order valence-corrected chi connectivity index (χ3v) is 4.89. The third-order valence-electron chi connectivity index (χ3n) is 3.00. The minimum atomic E-state index is -4.70. The van der Waals surface area contributed by atoms with Crippen LogP contribution in [0.2, 0.25) is 0 Å². The molecule has 0 spiro atoms. The van der Waals surface area contributed by atoms with Crippen molar-refractivity contribution in [2.75, 3.05) is 11.5 Å². The molecule has 23 heavy (non-hydrogen) atoms. The lowest BCUT2D eigenvalue weighted by molar-refractivity contribution is -0.117. The summed E-state index contributed by atoms with van der Waals surface area (Å²) in [6.07, 6.45) is -4.25. The minimum absolute atomic E-state index is 0.0964. The van der Waals surface area contributed by atoms with Crippen molar-refractivity contribution in [1.29, 1.82) is 0 Å². The van der Waals surface area contributed by atoms with E-state index >= 15 is 0 Å². The van der Waals surface area contributed by atoms with Crippen molar-refractivity contribution in [1.82, 2.24) is 5.32 Å². The Bertz CT molecular complexity index is 667. The van der Waals surface area contributed by atoms with Gasteiger partial charge in [-0.3, -0.25) is 4.79 Å². The highest BCUT2D eigenvalue weighted by Crippen LogP contribution is 2.33. The molecule has 8 heteroatoms. The molecule has 1 aromatic rings. The Balaban J connectivity index is 2.94. The molecule has 0 saturated heterocycles. The van der Waals surface area contributed by atoms with Crippen LogP contribution in [0.4, 0.5) is 13.2 Å². The zero-order valence-electron chi connectivity index (χ0n) is 12.7. The van der Waals surface area contributed by atoms with Crippen LogP contribution in [0.5, 0.6) is 0 Å². The number of benzene rings is 1. The summed E-state index contributed by atoms with van der Waals surface area (Å²) in [5.74, 6) is -1.41. The number of sulfone groups is 1. The molecule has 128 valence electrons. The second-order valence-electron chi connectivity index (χ2n) is 5.03. The SMILES string of the molecule is CCS(=O)(=O)CC(C)NC(=O)C=C(c1ccccc1)C(F)(F)F. The largest absolute Gasteiger partial charge is 0.417 e. The van der Waals surface area contributed by atoms with Gasteiger partial charge in [-0.2, -0.15) is 13.2 Å². The number of rotatable bonds is 6. The monoisotopic (exact) mass is 349 g/mol. The number of nitrogens with one attached hydrogen (secondary N) is 1. The highest BCUT2D eigenvalue weighted by molar-refractivity contribution is 7.91. The molecule has 0 saturated carbocycles. The Labute approximate surface area is 133 Å². The molecule has 0 heterocycles. The van der Waals surface area contributed by atoms with Crippen LogP contribution in [0, 0.1) is 0 Å². The fraction of sp³-hybridized carbons (Fsp3) is 0.400. The lowest BCUT2D eigenvalue weighted by Crippen LogP contribution is -2.37. The molecule has 0 aliphatic carbocycles. The third kappa shape index (κ3) is 6.43. The second kappa shape index (κ2) is 7.63. The molecule has 0 aliphatic heterocycles. The molecule has 1 N–H and O–H groups in total. The molecule has 0 radical (unpaired) electrons. The van der Waals surface area contributed by atoms with Crippen molar-refractivity contribution in [2.45, 2.75) is 26.1 Å². The zero-order valence-corrected chi connectivity index (χ0v) is 13.5. The number of alkyl halides is 3. The number of allylic oxidation sites excluding steroid dienone is 1. The fourth-order valence-corrected chi connectivity index (χ4v) is 2.98. The molecule has 1 unspecified atom stereocenters. The lowest BCUT2D eigenvalue weighted by atomic mass is 10.1. The van der Waals surface area contributed by atoms with Crippen LogP contribution < -0.4 is 5.32 Å². The number of carbonyl (C=O) groups is 1. The molecule has 0 aliphatic rings.